The van der Waals surface area contributed by atoms with Crippen molar-refractivity contribution >= 4 is 18.0 Å². The van der Waals surface area contributed by atoms with E-state index in [4.69, 9.17) is 18.6 Å². The van der Waals surface area contributed by atoms with E-state index in [2.05, 4.69) is 4.84 Å². The number of hydrogen-bond acceptors (Lipinski definition) is 8. The van der Waals surface area contributed by atoms with Crippen LogP contribution in [0.4, 0.5) is 4.79 Å². The summed E-state index contributed by atoms with van der Waals surface area (Å²) in [5.74, 6) is 0.119. The number of likely N-dealkylation sites (tertiary alicyclic amines) is 1. The minimum absolute atomic E-state index is 0.0178. The number of carbonyl (C=O) groups excluding carboxylic acids is 3. The Kier molecular flexibility index (Phi) is 7.02. The van der Waals surface area contributed by atoms with Crippen LogP contribution >= 0.6 is 0 Å². The number of fused-ring (bicyclic) bond motifs is 1. The second kappa shape index (κ2) is 9.99. The summed E-state index contributed by atoms with van der Waals surface area (Å²) in [6.07, 6.45) is 0.864. The van der Waals surface area contributed by atoms with E-state index in [0.717, 1.165) is 29.7 Å². The fraction of sp³-hybridized carbons (Fsp3) is 0.480. The van der Waals surface area contributed by atoms with Crippen molar-refractivity contribution in [1.82, 2.24) is 10.4 Å². The van der Waals surface area contributed by atoms with Crippen LogP contribution < -0.4 is 10.2 Å². The van der Waals surface area contributed by atoms with Gasteiger partial charge in [0.1, 0.15) is 17.1 Å². The molecule has 2 aliphatic rings. The molecular weight excluding hydrogens is 456 g/mol. The Balaban J connectivity index is 1.34. The molecule has 0 bridgehead atoms. The van der Waals surface area contributed by atoms with Gasteiger partial charge in [0.25, 0.3) is 0 Å². The molecule has 10 heteroatoms. The summed E-state index contributed by atoms with van der Waals surface area (Å²) < 4.78 is 23.2. The molecule has 2 aromatic rings. The van der Waals surface area contributed by atoms with E-state index in [1.165, 1.54) is 13.0 Å². The highest BCUT2D eigenvalue weighted by molar-refractivity contribution is 5.92. The van der Waals surface area contributed by atoms with Crippen LogP contribution in [-0.4, -0.2) is 47.9 Å². The summed E-state index contributed by atoms with van der Waals surface area (Å²) >= 11 is 0. The maximum atomic E-state index is 12.3. The second-order valence-electron chi connectivity index (χ2n) is 9.61. The first-order chi connectivity index (χ1) is 16.6. The molecule has 4 rings (SSSR count). The number of rotatable bonds is 3. The lowest BCUT2D eigenvalue weighted by Gasteiger charge is -2.38. The van der Waals surface area contributed by atoms with Crippen molar-refractivity contribution in [2.24, 2.45) is 5.92 Å². The van der Waals surface area contributed by atoms with Gasteiger partial charge in [0.15, 0.2) is 5.76 Å². The molecule has 10 nitrogen and oxygen atoms in total. The predicted octanol–water partition coefficient (Wildman–Crippen LogP) is 4.04. The quantitative estimate of drug-likeness (QED) is 0.646. The van der Waals surface area contributed by atoms with Gasteiger partial charge < -0.3 is 28.4 Å². The molecule has 0 aliphatic carbocycles. The maximum Gasteiger partial charge on any atom is 0.410 e. The lowest BCUT2D eigenvalue weighted by Crippen LogP contribution is -2.45. The Labute approximate surface area is 203 Å². The average Bonchev–Trinajstić information content (AvgIpc) is 3.31. The highest BCUT2D eigenvalue weighted by atomic mass is 16.7. The van der Waals surface area contributed by atoms with Crippen molar-refractivity contribution in [3.63, 3.8) is 0 Å². The number of benzene rings is 1. The smallest absolute Gasteiger partial charge is 0.410 e. The zero-order valence-electron chi connectivity index (χ0n) is 20.3. The Hall–Kier alpha value is -3.53. The molecule has 1 saturated heterocycles. The standard InChI is InChI=1S/C25H30N2O8/c1-15(28)35-26-22(29)21-8-7-19(32-21)17-5-6-20-18(13-17)14-31-23(33-20)16-9-11-27(12-10-16)24(30)34-25(2,3)4/h5-8,13,16,23H,9-12,14H2,1-4H3,(H,26,29). The van der Waals surface area contributed by atoms with E-state index < -0.39 is 17.5 Å². The van der Waals surface area contributed by atoms with E-state index in [9.17, 15) is 14.4 Å². The summed E-state index contributed by atoms with van der Waals surface area (Å²) in [7, 11) is 0. The highest BCUT2D eigenvalue weighted by Gasteiger charge is 2.34. The van der Waals surface area contributed by atoms with E-state index in [-0.39, 0.29) is 24.1 Å². The molecule has 1 atom stereocenters. The third kappa shape index (κ3) is 6.13. The fourth-order valence-electron chi connectivity index (χ4n) is 3.99. The fourth-order valence-corrected chi connectivity index (χ4v) is 3.99. The number of hydrogen-bond donors (Lipinski definition) is 1. The number of nitrogens with one attached hydrogen (secondary N) is 1. The van der Waals surface area contributed by atoms with E-state index in [0.29, 0.717) is 25.5 Å². The molecule has 1 unspecified atom stereocenters. The van der Waals surface area contributed by atoms with Gasteiger partial charge in [-0.2, -0.15) is 5.48 Å². The molecule has 1 aromatic carbocycles. The van der Waals surface area contributed by atoms with Gasteiger partial charge in [-0.25, -0.2) is 4.79 Å². The molecule has 1 aromatic heterocycles. The van der Waals surface area contributed by atoms with Crippen molar-refractivity contribution in [3.05, 3.63) is 41.7 Å². The number of carbonyl (C=O) groups is 3. The monoisotopic (exact) mass is 486 g/mol. The van der Waals surface area contributed by atoms with Crippen LogP contribution in [-0.2, 0) is 25.7 Å². The largest absolute Gasteiger partial charge is 0.464 e. The number of hydroxylamine groups is 1. The second-order valence-corrected chi connectivity index (χ2v) is 9.61. The molecule has 1 N–H and O–H groups in total. The minimum Gasteiger partial charge on any atom is -0.464 e. The Morgan fingerprint density at radius 2 is 1.83 bits per heavy atom. The molecule has 2 amide bonds. The number of piperidine rings is 1. The van der Waals surface area contributed by atoms with E-state index >= 15 is 0 Å². The lowest BCUT2D eigenvalue weighted by atomic mass is 9.95. The number of ether oxygens (including phenoxy) is 3. The predicted molar refractivity (Wildman–Crippen MR) is 123 cm³/mol. The first-order valence-corrected chi connectivity index (χ1v) is 11.6. The van der Waals surface area contributed by atoms with Crippen LogP contribution in [0.3, 0.4) is 0 Å². The maximum absolute atomic E-state index is 12.3. The van der Waals surface area contributed by atoms with Crippen LogP contribution in [0.1, 0.15) is 56.7 Å². The molecule has 3 heterocycles. The number of nitrogens with zero attached hydrogens (tertiary/aromatic N) is 1. The first kappa shape index (κ1) is 24.6. The number of amides is 2. The molecule has 0 spiro atoms. The van der Waals surface area contributed by atoms with E-state index in [1.54, 1.807) is 11.0 Å². The first-order valence-electron chi connectivity index (χ1n) is 11.6. The Morgan fingerprint density at radius 1 is 1.09 bits per heavy atom. The van der Waals surface area contributed by atoms with Crippen molar-refractivity contribution in [2.75, 3.05) is 13.1 Å². The SMILES string of the molecule is CC(=O)ONC(=O)c1ccc(-c2ccc3c(c2)COC(C2CCN(C(=O)OC(C)(C)C)CC2)O3)o1. The van der Waals surface area contributed by atoms with Gasteiger partial charge in [0.05, 0.1) is 6.61 Å². The third-order valence-corrected chi connectivity index (χ3v) is 5.68. The van der Waals surface area contributed by atoms with Crippen LogP contribution in [0.15, 0.2) is 34.7 Å². The summed E-state index contributed by atoms with van der Waals surface area (Å²) in [5.41, 5.74) is 3.13. The topological polar surface area (TPSA) is 117 Å². The van der Waals surface area contributed by atoms with Gasteiger partial charge in [-0.15, -0.1) is 0 Å². The minimum atomic E-state index is -0.656. The zero-order valence-corrected chi connectivity index (χ0v) is 20.3. The molecule has 1 fully saturated rings. The van der Waals surface area contributed by atoms with Crippen molar-refractivity contribution in [1.29, 1.82) is 0 Å². The van der Waals surface area contributed by atoms with Crippen molar-refractivity contribution in [3.8, 4) is 17.1 Å². The number of furan rings is 1. The third-order valence-electron chi connectivity index (χ3n) is 5.68. The van der Waals surface area contributed by atoms with Gasteiger partial charge in [0.2, 0.25) is 6.29 Å². The zero-order chi connectivity index (χ0) is 25.2. The molecule has 0 saturated carbocycles. The Bertz CT molecular complexity index is 1100. The molecular formula is C25H30N2O8. The Morgan fingerprint density at radius 3 is 2.51 bits per heavy atom. The lowest BCUT2D eigenvalue weighted by molar-refractivity contribution is -0.149. The molecule has 2 aliphatic heterocycles. The summed E-state index contributed by atoms with van der Waals surface area (Å²) in [4.78, 5) is 41.3. The molecule has 188 valence electrons. The van der Waals surface area contributed by atoms with Gasteiger partial charge in [-0.1, -0.05) is 0 Å². The van der Waals surface area contributed by atoms with Gasteiger partial charge in [-0.05, 0) is 63.9 Å². The normalized spacial score (nSPS) is 18.3. The van der Waals surface area contributed by atoms with Crippen LogP contribution in [0.25, 0.3) is 11.3 Å². The van der Waals surface area contributed by atoms with Crippen LogP contribution in [0.5, 0.6) is 5.75 Å². The van der Waals surface area contributed by atoms with Gasteiger partial charge in [-0.3, -0.25) is 9.59 Å². The summed E-state index contributed by atoms with van der Waals surface area (Å²) in [6.45, 7) is 8.33. The van der Waals surface area contributed by atoms with E-state index in [1.807, 2.05) is 44.5 Å². The average molecular weight is 487 g/mol. The van der Waals surface area contributed by atoms with Gasteiger partial charge >= 0.3 is 18.0 Å². The summed E-state index contributed by atoms with van der Waals surface area (Å²) in [5, 5.41) is 0. The molecule has 0 radical (unpaired) electrons. The van der Waals surface area contributed by atoms with Crippen LogP contribution in [0, 0.1) is 5.92 Å². The molecule has 35 heavy (non-hydrogen) atoms. The van der Waals surface area contributed by atoms with Crippen molar-refractivity contribution in [2.45, 2.75) is 59.0 Å². The van der Waals surface area contributed by atoms with Gasteiger partial charge in [0, 0.05) is 37.1 Å². The van der Waals surface area contributed by atoms with Crippen LogP contribution in [0.2, 0.25) is 0 Å². The highest BCUT2D eigenvalue weighted by Crippen LogP contribution is 2.35. The summed E-state index contributed by atoms with van der Waals surface area (Å²) in [6, 6.07) is 8.76. The van der Waals surface area contributed by atoms with Crippen molar-refractivity contribution < 1.29 is 37.8 Å².